The van der Waals surface area contributed by atoms with E-state index >= 15 is 0 Å². The molecule has 1 saturated carbocycles. The molecule has 0 radical (unpaired) electrons. The first kappa shape index (κ1) is 10.6. The number of nitrogens with two attached hydrogens (primary N) is 1. The number of aliphatic hydroxyl groups is 1. The van der Waals surface area contributed by atoms with E-state index in [0.29, 0.717) is 6.54 Å². The molecule has 1 aliphatic carbocycles. The molecule has 3 N–H and O–H groups in total. The van der Waals surface area contributed by atoms with Crippen LogP contribution in [-0.2, 0) is 12.5 Å². The van der Waals surface area contributed by atoms with Gasteiger partial charge in [0.1, 0.15) is 5.82 Å². The predicted molar refractivity (Wildman–Crippen MR) is 58.4 cm³/mol. The van der Waals surface area contributed by atoms with Crippen LogP contribution in [0.25, 0.3) is 0 Å². The van der Waals surface area contributed by atoms with Crippen LogP contribution in [0.3, 0.4) is 0 Å². The van der Waals surface area contributed by atoms with Crippen LogP contribution >= 0.6 is 0 Å². The molecule has 0 aliphatic heterocycles. The highest BCUT2D eigenvalue weighted by molar-refractivity contribution is 5.12. The Balaban J connectivity index is 2.26. The van der Waals surface area contributed by atoms with Crippen LogP contribution in [0.4, 0.5) is 0 Å². The van der Waals surface area contributed by atoms with Crippen molar-refractivity contribution in [3.8, 4) is 0 Å². The highest BCUT2D eigenvalue weighted by Gasteiger charge is 2.38. The minimum Gasteiger partial charge on any atom is -0.393 e. The van der Waals surface area contributed by atoms with E-state index in [4.69, 9.17) is 5.73 Å². The summed E-state index contributed by atoms with van der Waals surface area (Å²) in [5.74, 6) is 1.07. The second-order valence-electron chi connectivity index (χ2n) is 4.58. The van der Waals surface area contributed by atoms with E-state index in [-0.39, 0.29) is 11.5 Å². The van der Waals surface area contributed by atoms with Crippen molar-refractivity contribution in [1.82, 2.24) is 9.55 Å². The Morgan fingerprint density at radius 3 is 2.73 bits per heavy atom. The SMILES string of the molecule is Cn1ccnc1C1(CN)CCC(O)CC1. The average molecular weight is 209 g/mol. The van der Waals surface area contributed by atoms with Gasteiger partial charge in [-0.15, -0.1) is 0 Å². The fourth-order valence-corrected chi connectivity index (χ4v) is 2.55. The third-order valence-electron chi connectivity index (χ3n) is 3.60. The quantitative estimate of drug-likeness (QED) is 0.747. The van der Waals surface area contributed by atoms with Crippen LogP contribution in [-0.4, -0.2) is 27.3 Å². The van der Waals surface area contributed by atoms with Gasteiger partial charge in [0.2, 0.25) is 0 Å². The van der Waals surface area contributed by atoms with Crippen molar-refractivity contribution in [1.29, 1.82) is 0 Å². The molecular formula is C11H19N3O. The van der Waals surface area contributed by atoms with Crippen LogP contribution in [0.5, 0.6) is 0 Å². The van der Waals surface area contributed by atoms with Crippen molar-refractivity contribution < 1.29 is 5.11 Å². The van der Waals surface area contributed by atoms with Crippen molar-refractivity contribution in [3.05, 3.63) is 18.2 Å². The molecule has 2 rings (SSSR count). The maximum atomic E-state index is 9.54. The molecule has 0 unspecified atom stereocenters. The van der Waals surface area contributed by atoms with Gasteiger partial charge in [-0.25, -0.2) is 4.98 Å². The largest absolute Gasteiger partial charge is 0.393 e. The standard InChI is InChI=1S/C11H19N3O/c1-14-7-6-13-10(14)11(8-12)4-2-9(15)3-5-11/h6-7,9,15H,2-5,8,12H2,1H3. The van der Waals surface area contributed by atoms with Crippen molar-refractivity contribution in [2.75, 3.05) is 6.54 Å². The van der Waals surface area contributed by atoms with Gasteiger partial charge in [-0.2, -0.15) is 0 Å². The van der Waals surface area contributed by atoms with E-state index < -0.39 is 0 Å². The van der Waals surface area contributed by atoms with E-state index in [0.717, 1.165) is 31.5 Å². The summed E-state index contributed by atoms with van der Waals surface area (Å²) in [6.07, 6.45) is 7.18. The van der Waals surface area contributed by atoms with Crippen molar-refractivity contribution in [2.45, 2.75) is 37.2 Å². The molecular weight excluding hydrogens is 190 g/mol. The van der Waals surface area contributed by atoms with Crippen LogP contribution in [0.2, 0.25) is 0 Å². The third kappa shape index (κ3) is 1.79. The molecule has 4 nitrogen and oxygen atoms in total. The van der Waals surface area contributed by atoms with Gasteiger partial charge in [0.15, 0.2) is 0 Å². The van der Waals surface area contributed by atoms with E-state index in [1.807, 2.05) is 24.0 Å². The molecule has 1 aromatic rings. The zero-order valence-electron chi connectivity index (χ0n) is 9.19. The lowest BCUT2D eigenvalue weighted by Crippen LogP contribution is -2.42. The number of aliphatic hydroxyl groups excluding tert-OH is 1. The fourth-order valence-electron chi connectivity index (χ4n) is 2.55. The first-order chi connectivity index (χ1) is 7.18. The molecule has 1 aromatic heterocycles. The first-order valence-electron chi connectivity index (χ1n) is 5.54. The van der Waals surface area contributed by atoms with Crippen LogP contribution in [0.15, 0.2) is 12.4 Å². The number of imidazole rings is 1. The minimum absolute atomic E-state index is 0.0164. The summed E-state index contributed by atoms with van der Waals surface area (Å²) in [5.41, 5.74) is 5.89. The lowest BCUT2D eigenvalue weighted by Gasteiger charge is -2.37. The normalized spacial score (nSPS) is 31.8. The summed E-state index contributed by atoms with van der Waals surface area (Å²) >= 11 is 0. The Kier molecular flexibility index (Phi) is 2.80. The summed E-state index contributed by atoms with van der Waals surface area (Å²) in [7, 11) is 2.00. The molecule has 84 valence electrons. The summed E-state index contributed by atoms with van der Waals surface area (Å²) < 4.78 is 2.05. The molecule has 1 heterocycles. The predicted octanol–water partition coefficient (Wildman–Crippen LogP) is 0.551. The fraction of sp³-hybridized carbons (Fsp3) is 0.727. The van der Waals surface area contributed by atoms with Crippen LogP contribution in [0.1, 0.15) is 31.5 Å². The summed E-state index contributed by atoms with van der Waals surface area (Å²) in [6.45, 7) is 0.616. The summed E-state index contributed by atoms with van der Waals surface area (Å²) in [5, 5.41) is 9.54. The Bertz CT molecular complexity index is 326. The molecule has 1 aliphatic rings. The lowest BCUT2D eigenvalue weighted by atomic mass is 9.72. The Hall–Kier alpha value is -0.870. The minimum atomic E-state index is -0.148. The third-order valence-corrected chi connectivity index (χ3v) is 3.60. The van der Waals surface area contributed by atoms with E-state index in [9.17, 15) is 5.11 Å². The van der Waals surface area contributed by atoms with Gasteiger partial charge in [0.25, 0.3) is 0 Å². The summed E-state index contributed by atoms with van der Waals surface area (Å²) in [6, 6.07) is 0. The number of rotatable bonds is 2. The van der Waals surface area contributed by atoms with Gasteiger partial charge in [-0.05, 0) is 25.7 Å². The molecule has 4 heteroatoms. The number of nitrogens with zero attached hydrogens (tertiary/aromatic N) is 2. The molecule has 15 heavy (non-hydrogen) atoms. The van der Waals surface area contributed by atoms with Gasteiger partial charge in [-0.3, -0.25) is 0 Å². The monoisotopic (exact) mass is 209 g/mol. The number of aromatic nitrogens is 2. The second-order valence-corrected chi connectivity index (χ2v) is 4.58. The molecule has 1 fully saturated rings. The maximum absolute atomic E-state index is 9.54. The highest BCUT2D eigenvalue weighted by atomic mass is 16.3. The van der Waals surface area contributed by atoms with Gasteiger partial charge >= 0.3 is 0 Å². The number of hydrogen-bond donors (Lipinski definition) is 2. The summed E-state index contributed by atoms with van der Waals surface area (Å²) in [4.78, 5) is 4.41. The lowest BCUT2D eigenvalue weighted by molar-refractivity contribution is 0.0939. The number of hydrogen-bond acceptors (Lipinski definition) is 3. The molecule has 0 atom stereocenters. The Morgan fingerprint density at radius 1 is 1.60 bits per heavy atom. The molecule has 0 bridgehead atoms. The topological polar surface area (TPSA) is 64.1 Å². The van der Waals surface area contributed by atoms with Crippen LogP contribution < -0.4 is 5.73 Å². The van der Waals surface area contributed by atoms with Crippen LogP contribution in [0, 0.1) is 0 Å². The van der Waals surface area contributed by atoms with E-state index in [2.05, 4.69) is 4.98 Å². The smallest absolute Gasteiger partial charge is 0.115 e. The second kappa shape index (κ2) is 3.94. The highest BCUT2D eigenvalue weighted by Crippen LogP contribution is 2.37. The van der Waals surface area contributed by atoms with Gasteiger partial charge in [0.05, 0.1) is 6.10 Å². The Morgan fingerprint density at radius 2 is 2.27 bits per heavy atom. The van der Waals surface area contributed by atoms with Gasteiger partial charge in [0, 0.05) is 31.4 Å². The van der Waals surface area contributed by atoms with E-state index in [1.54, 1.807) is 0 Å². The van der Waals surface area contributed by atoms with Gasteiger partial charge < -0.3 is 15.4 Å². The molecule has 0 amide bonds. The van der Waals surface area contributed by atoms with E-state index in [1.165, 1.54) is 0 Å². The first-order valence-corrected chi connectivity index (χ1v) is 5.54. The number of aryl methyl sites for hydroxylation is 1. The van der Waals surface area contributed by atoms with Crippen molar-refractivity contribution >= 4 is 0 Å². The van der Waals surface area contributed by atoms with Crippen molar-refractivity contribution in [2.24, 2.45) is 12.8 Å². The zero-order valence-corrected chi connectivity index (χ0v) is 9.19. The molecule has 0 saturated heterocycles. The van der Waals surface area contributed by atoms with Gasteiger partial charge in [-0.1, -0.05) is 0 Å². The Labute approximate surface area is 90.1 Å². The van der Waals surface area contributed by atoms with Crippen molar-refractivity contribution in [3.63, 3.8) is 0 Å². The average Bonchev–Trinajstić information content (AvgIpc) is 2.67. The zero-order chi connectivity index (χ0) is 10.9. The maximum Gasteiger partial charge on any atom is 0.115 e. The molecule has 0 spiro atoms. The molecule has 0 aromatic carbocycles.